The van der Waals surface area contributed by atoms with Gasteiger partial charge in [0.2, 0.25) is 0 Å². The first-order valence-corrected chi connectivity index (χ1v) is 10.6. The van der Waals surface area contributed by atoms with Gasteiger partial charge < -0.3 is 14.8 Å². The smallest absolute Gasteiger partial charge is 0.276 e. The summed E-state index contributed by atoms with van der Waals surface area (Å²) >= 11 is 0. The van der Waals surface area contributed by atoms with Crippen LogP contribution in [0.25, 0.3) is 5.69 Å². The van der Waals surface area contributed by atoms with Crippen molar-refractivity contribution in [3.05, 3.63) is 65.0 Å². The lowest BCUT2D eigenvalue weighted by atomic mass is 10.1. The molecule has 0 radical (unpaired) electrons. The van der Waals surface area contributed by atoms with Crippen LogP contribution >= 0.6 is 0 Å². The fraction of sp³-hybridized carbons (Fsp3) is 0.333. The maximum atomic E-state index is 13.3. The van der Waals surface area contributed by atoms with E-state index in [0.29, 0.717) is 23.7 Å². The SMILES string of the molecule is CCOc1cc2c(cc1NC(=O)c1nn(-c3ccccc3)c3c1CCC3)OC(C)C2. The second-order valence-corrected chi connectivity index (χ2v) is 7.85. The minimum absolute atomic E-state index is 0.130. The zero-order valence-electron chi connectivity index (χ0n) is 17.3. The van der Waals surface area contributed by atoms with Crippen molar-refractivity contribution < 1.29 is 14.3 Å². The summed E-state index contributed by atoms with van der Waals surface area (Å²) in [7, 11) is 0. The van der Waals surface area contributed by atoms with Gasteiger partial charge in [0.25, 0.3) is 5.91 Å². The van der Waals surface area contributed by atoms with E-state index in [9.17, 15) is 4.79 Å². The van der Waals surface area contributed by atoms with Crippen molar-refractivity contribution in [2.45, 2.75) is 45.6 Å². The molecule has 2 heterocycles. The van der Waals surface area contributed by atoms with E-state index in [1.807, 2.05) is 61.0 Å². The molecule has 0 fully saturated rings. The van der Waals surface area contributed by atoms with Crippen LogP contribution < -0.4 is 14.8 Å². The van der Waals surface area contributed by atoms with Gasteiger partial charge in [0.05, 0.1) is 18.0 Å². The lowest BCUT2D eigenvalue weighted by molar-refractivity contribution is 0.102. The van der Waals surface area contributed by atoms with E-state index in [2.05, 4.69) is 5.32 Å². The number of fused-ring (bicyclic) bond motifs is 2. The van der Waals surface area contributed by atoms with Gasteiger partial charge in [-0.3, -0.25) is 4.79 Å². The van der Waals surface area contributed by atoms with Crippen molar-refractivity contribution in [1.82, 2.24) is 9.78 Å². The van der Waals surface area contributed by atoms with Crippen LogP contribution in [0, 0.1) is 0 Å². The van der Waals surface area contributed by atoms with Crippen LogP contribution in [0.5, 0.6) is 11.5 Å². The summed E-state index contributed by atoms with van der Waals surface area (Å²) in [6.07, 6.45) is 3.81. The van der Waals surface area contributed by atoms with Crippen molar-refractivity contribution in [3.8, 4) is 17.2 Å². The molecule has 2 aromatic carbocycles. The summed E-state index contributed by atoms with van der Waals surface area (Å²) in [5, 5.41) is 7.72. The second kappa shape index (κ2) is 7.52. The Bertz CT molecular complexity index is 1100. The molecule has 0 saturated heterocycles. The van der Waals surface area contributed by atoms with E-state index in [1.54, 1.807) is 0 Å². The quantitative estimate of drug-likeness (QED) is 0.688. The normalized spacial score (nSPS) is 16.7. The number of carbonyl (C=O) groups excluding carboxylic acids is 1. The molecule has 1 aromatic heterocycles. The molecule has 0 spiro atoms. The van der Waals surface area contributed by atoms with E-state index < -0.39 is 0 Å². The van der Waals surface area contributed by atoms with Gasteiger partial charge in [0.1, 0.15) is 17.6 Å². The Morgan fingerprint density at radius 3 is 2.90 bits per heavy atom. The largest absolute Gasteiger partial charge is 0.492 e. The van der Waals surface area contributed by atoms with Crippen LogP contribution in [0.2, 0.25) is 0 Å². The summed E-state index contributed by atoms with van der Waals surface area (Å²) < 4.78 is 13.6. The van der Waals surface area contributed by atoms with Crippen LogP contribution in [0.4, 0.5) is 5.69 Å². The zero-order chi connectivity index (χ0) is 20.7. The maximum absolute atomic E-state index is 13.3. The van der Waals surface area contributed by atoms with Gasteiger partial charge in [-0.05, 0) is 51.3 Å². The molecule has 1 atom stereocenters. The van der Waals surface area contributed by atoms with Crippen molar-refractivity contribution in [3.63, 3.8) is 0 Å². The summed E-state index contributed by atoms with van der Waals surface area (Å²) in [6, 6.07) is 13.8. The third kappa shape index (κ3) is 3.22. The molecule has 1 aliphatic heterocycles. The van der Waals surface area contributed by atoms with Crippen LogP contribution in [-0.2, 0) is 19.3 Å². The maximum Gasteiger partial charge on any atom is 0.276 e. The highest BCUT2D eigenvalue weighted by molar-refractivity contribution is 6.05. The van der Waals surface area contributed by atoms with Gasteiger partial charge in [0.15, 0.2) is 5.69 Å². The number of para-hydroxylation sites is 1. The minimum atomic E-state index is -0.213. The predicted octanol–water partition coefficient (Wildman–Crippen LogP) is 4.34. The number of aromatic nitrogens is 2. The van der Waals surface area contributed by atoms with Crippen molar-refractivity contribution in [1.29, 1.82) is 0 Å². The van der Waals surface area contributed by atoms with Gasteiger partial charge in [-0.1, -0.05) is 18.2 Å². The highest BCUT2D eigenvalue weighted by Crippen LogP contribution is 2.38. The fourth-order valence-electron chi connectivity index (χ4n) is 4.40. The molecule has 0 saturated carbocycles. The topological polar surface area (TPSA) is 65.4 Å². The number of rotatable bonds is 5. The predicted molar refractivity (Wildman–Crippen MR) is 115 cm³/mol. The standard InChI is InChI=1S/C24H25N3O3/c1-3-29-22-13-16-12-15(2)30-21(16)14-19(22)25-24(28)23-18-10-7-11-20(18)27(26-23)17-8-5-4-6-9-17/h4-6,8-9,13-15H,3,7,10-12H2,1-2H3,(H,25,28). The Labute approximate surface area is 175 Å². The van der Waals surface area contributed by atoms with E-state index >= 15 is 0 Å². The number of amides is 1. The second-order valence-electron chi connectivity index (χ2n) is 7.85. The molecule has 154 valence electrons. The zero-order valence-corrected chi connectivity index (χ0v) is 17.3. The Hall–Kier alpha value is -3.28. The van der Waals surface area contributed by atoms with E-state index in [4.69, 9.17) is 14.6 Å². The van der Waals surface area contributed by atoms with Gasteiger partial charge in [-0.15, -0.1) is 0 Å². The lowest BCUT2D eigenvalue weighted by Gasteiger charge is -2.13. The molecule has 1 N–H and O–H groups in total. The van der Waals surface area contributed by atoms with Crippen molar-refractivity contribution >= 4 is 11.6 Å². The molecule has 30 heavy (non-hydrogen) atoms. The lowest BCUT2D eigenvalue weighted by Crippen LogP contribution is -2.16. The molecule has 6 heteroatoms. The van der Waals surface area contributed by atoms with Crippen LogP contribution in [0.1, 0.15) is 47.6 Å². The Morgan fingerprint density at radius 2 is 2.10 bits per heavy atom. The van der Waals surface area contributed by atoms with Gasteiger partial charge >= 0.3 is 0 Å². The molecule has 3 aromatic rings. The van der Waals surface area contributed by atoms with Gasteiger partial charge in [-0.25, -0.2) is 4.68 Å². The highest BCUT2D eigenvalue weighted by atomic mass is 16.5. The monoisotopic (exact) mass is 403 g/mol. The number of hydrogen-bond donors (Lipinski definition) is 1. The number of hydrogen-bond acceptors (Lipinski definition) is 4. The van der Waals surface area contributed by atoms with Gasteiger partial charge in [0, 0.05) is 29.3 Å². The highest BCUT2D eigenvalue weighted by Gasteiger charge is 2.28. The van der Waals surface area contributed by atoms with Crippen LogP contribution in [-0.4, -0.2) is 28.4 Å². The number of benzene rings is 2. The van der Waals surface area contributed by atoms with E-state index in [0.717, 1.165) is 53.9 Å². The molecule has 0 bridgehead atoms. The summed E-state index contributed by atoms with van der Waals surface area (Å²) in [5.41, 5.74) is 5.37. The molecular weight excluding hydrogens is 378 g/mol. The summed E-state index contributed by atoms with van der Waals surface area (Å²) in [5.74, 6) is 1.26. The molecule has 2 aliphatic rings. The van der Waals surface area contributed by atoms with Crippen molar-refractivity contribution in [2.24, 2.45) is 0 Å². The van der Waals surface area contributed by atoms with Crippen molar-refractivity contribution in [2.75, 3.05) is 11.9 Å². The number of ether oxygens (including phenoxy) is 2. The van der Waals surface area contributed by atoms with Crippen LogP contribution in [0.15, 0.2) is 42.5 Å². The molecular formula is C24H25N3O3. The fourth-order valence-corrected chi connectivity index (χ4v) is 4.40. The first-order chi connectivity index (χ1) is 14.6. The minimum Gasteiger partial charge on any atom is -0.492 e. The molecule has 1 amide bonds. The summed E-state index contributed by atoms with van der Waals surface area (Å²) in [4.78, 5) is 13.3. The third-order valence-corrected chi connectivity index (χ3v) is 5.69. The van der Waals surface area contributed by atoms with Crippen LogP contribution in [0.3, 0.4) is 0 Å². The molecule has 5 rings (SSSR count). The Kier molecular flexibility index (Phi) is 4.69. The Morgan fingerprint density at radius 1 is 1.27 bits per heavy atom. The van der Waals surface area contributed by atoms with E-state index in [-0.39, 0.29) is 12.0 Å². The first kappa shape index (κ1) is 18.7. The van der Waals surface area contributed by atoms with Gasteiger partial charge in [-0.2, -0.15) is 5.10 Å². The number of nitrogens with one attached hydrogen (secondary N) is 1. The average Bonchev–Trinajstić information content (AvgIpc) is 3.43. The Balaban J connectivity index is 1.49. The number of anilines is 1. The number of carbonyl (C=O) groups is 1. The van der Waals surface area contributed by atoms with E-state index in [1.165, 1.54) is 0 Å². The molecule has 1 aliphatic carbocycles. The third-order valence-electron chi connectivity index (χ3n) is 5.69. The average molecular weight is 403 g/mol. The summed E-state index contributed by atoms with van der Waals surface area (Å²) in [6.45, 7) is 4.50. The number of nitrogens with zero attached hydrogens (tertiary/aromatic N) is 2. The molecule has 1 unspecified atom stereocenters. The molecule has 6 nitrogen and oxygen atoms in total. The first-order valence-electron chi connectivity index (χ1n) is 10.6.